The van der Waals surface area contributed by atoms with Crippen molar-refractivity contribution in [3.63, 3.8) is 0 Å². The Morgan fingerprint density at radius 3 is 2.77 bits per heavy atom. The fourth-order valence-electron chi connectivity index (χ4n) is 3.10. The molecule has 1 aliphatic heterocycles. The Labute approximate surface area is 154 Å². The van der Waals surface area contributed by atoms with Crippen LogP contribution in [0.25, 0.3) is 11.4 Å². The molecule has 0 bridgehead atoms. The van der Waals surface area contributed by atoms with Gasteiger partial charge in [-0.3, -0.25) is 0 Å². The molecule has 1 aromatic carbocycles. The van der Waals surface area contributed by atoms with E-state index in [0.717, 1.165) is 30.8 Å². The Bertz CT molecular complexity index is 743. The minimum absolute atomic E-state index is 0.209. The summed E-state index contributed by atoms with van der Waals surface area (Å²) in [7, 11) is 0. The van der Waals surface area contributed by atoms with E-state index in [1.807, 2.05) is 57.2 Å². The molecular weight excluding hydrogens is 328 g/mol. The monoisotopic (exact) mass is 354 g/mol. The molecule has 0 aliphatic carbocycles. The van der Waals surface area contributed by atoms with Crippen molar-refractivity contribution in [2.75, 3.05) is 18.0 Å². The third kappa shape index (κ3) is 4.71. The number of hydrogen-bond donors (Lipinski definition) is 1. The first-order valence-corrected chi connectivity index (χ1v) is 9.04. The molecule has 0 spiro atoms. The van der Waals surface area contributed by atoms with Gasteiger partial charge in [0, 0.05) is 30.9 Å². The van der Waals surface area contributed by atoms with Gasteiger partial charge in [-0.2, -0.15) is 0 Å². The summed E-state index contributed by atoms with van der Waals surface area (Å²) in [6.45, 7) is 7.05. The number of hydrogen-bond acceptors (Lipinski definition) is 5. The van der Waals surface area contributed by atoms with Crippen molar-refractivity contribution in [3.05, 3.63) is 42.6 Å². The third-order valence-electron chi connectivity index (χ3n) is 4.23. The molecule has 2 aromatic rings. The van der Waals surface area contributed by atoms with Gasteiger partial charge in [-0.15, -0.1) is 0 Å². The highest BCUT2D eigenvalue weighted by atomic mass is 16.6. The van der Waals surface area contributed by atoms with E-state index in [2.05, 4.69) is 15.2 Å². The Morgan fingerprint density at radius 1 is 1.27 bits per heavy atom. The number of amides is 1. The number of aromatic nitrogens is 2. The maximum atomic E-state index is 11.9. The first-order chi connectivity index (χ1) is 12.4. The van der Waals surface area contributed by atoms with E-state index in [9.17, 15) is 4.79 Å². The van der Waals surface area contributed by atoms with E-state index < -0.39 is 5.60 Å². The lowest BCUT2D eigenvalue weighted by Gasteiger charge is -2.27. The number of ether oxygens (including phenoxy) is 1. The predicted molar refractivity (Wildman–Crippen MR) is 102 cm³/mol. The van der Waals surface area contributed by atoms with Gasteiger partial charge in [-0.25, -0.2) is 14.8 Å². The number of anilines is 1. The molecule has 1 saturated heterocycles. The van der Waals surface area contributed by atoms with E-state index in [4.69, 9.17) is 9.72 Å². The highest BCUT2D eigenvalue weighted by molar-refractivity contribution is 5.67. The van der Waals surface area contributed by atoms with Crippen LogP contribution in [-0.2, 0) is 4.74 Å². The van der Waals surface area contributed by atoms with Crippen LogP contribution in [0.1, 0.15) is 33.6 Å². The van der Waals surface area contributed by atoms with E-state index in [-0.39, 0.29) is 12.1 Å². The molecule has 138 valence electrons. The lowest BCUT2D eigenvalue weighted by atomic mass is 10.2. The van der Waals surface area contributed by atoms with Crippen LogP contribution >= 0.6 is 0 Å². The summed E-state index contributed by atoms with van der Waals surface area (Å²) in [5.74, 6) is 1.61. The van der Waals surface area contributed by atoms with Crippen LogP contribution in [0.5, 0.6) is 0 Å². The summed E-state index contributed by atoms with van der Waals surface area (Å²) in [6, 6.07) is 12.1. The second-order valence-electron chi connectivity index (χ2n) is 7.48. The zero-order chi connectivity index (χ0) is 18.6. The summed E-state index contributed by atoms with van der Waals surface area (Å²) >= 11 is 0. The Morgan fingerprint density at radius 2 is 2.04 bits per heavy atom. The molecule has 1 aliphatic rings. The summed E-state index contributed by atoms with van der Waals surface area (Å²) in [5, 5.41) is 2.88. The van der Waals surface area contributed by atoms with Crippen LogP contribution in [0.15, 0.2) is 42.6 Å². The number of benzene rings is 1. The lowest BCUT2D eigenvalue weighted by Crippen LogP contribution is -2.42. The highest BCUT2D eigenvalue weighted by Gasteiger charge is 2.27. The average Bonchev–Trinajstić information content (AvgIpc) is 3.08. The Kier molecular flexibility index (Phi) is 5.40. The number of rotatable bonds is 4. The van der Waals surface area contributed by atoms with Gasteiger partial charge >= 0.3 is 6.09 Å². The van der Waals surface area contributed by atoms with Gasteiger partial charge in [0.25, 0.3) is 0 Å². The Hall–Kier alpha value is -2.63. The molecule has 2 heterocycles. The van der Waals surface area contributed by atoms with Crippen molar-refractivity contribution in [2.45, 2.75) is 45.3 Å². The van der Waals surface area contributed by atoms with Crippen LogP contribution in [0, 0.1) is 0 Å². The normalized spacial score (nSPS) is 17.2. The van der Waals surface area contributed by atoms with Gasteiger partial charge in [-0.05, 0) is 39.7 Å². The maximum Gasteiger partial charge on any atom is 0.407 e. The summed E-state index contributed by atoms with van der Waals surface area (Å²) < 4.78 is 5.32. The molecule has 1 aromatic heterocycles. The molecule has 0 saturated carbocycles. The molecule has 1 atom stereocenters. The largest absolute Gasteiger partial charge is 0.444 e. The first kappa shape index (κ1) is 18.2. The molecule has 0 unspecified atom stereocenters. The number of carbonyl (C=O) groups is 1. The minimum atomic E-state index is -0.489. The van der Waals surface area contributed by atoms with Crippen molar-refractivity contribution in [3.8, 4) is 11.4 Å². The van der Waals surface area contributed by atoms with Crippen molar-refractivity contribution < 1.29 is 9.53 Å². The summed E-state index contributed by atoms with van der Waals surface area (Å²) in [6.07, 6.45) is 3.50. The van der Waals surface area contributed by atoms with Gasteiger partial charge in [0.15, 0.2) is 5.82 Å². The van der Waals surface area contributed by atoms with Crippen LogP contribution in [0.2, 0.25) is 0 Å². The van der Waals surface area contributed by atoms with Crippen molar-refractivity contribution in [1.82, 2.24) is 15.3 Å². The highest BCUT2D eigenvalue weighted by Crippen LogP contribution is 2.25. The lowest BCUT2D eigenvalue weighted by molar-refractivity contribution is 0.0525. The molecule has 1 fully saturated rings. The molecule has 3 rings (SSSR count). The standard InChI is InChI=1S/C20H26N4O2/c1-20(2,3)26-19(25)22-14-16-10-7-13-24(16)17-11-12-21-18(23-17)15-8-5-4-6-9-15/h4-6,8-9,11-12,16H,7,10,13-14H2,1-3H3,(H,22,25)/t16-/m0/s1. The van der Waals surface area contributed by atoms with E-state index in [1.165, 1.54) is 0 Å². The van der Waals surface area contributed by atoms with Gasteiger partial charge in [0.05, 0.1) is 0 Å². The predicted octanol–water partition coefficient (Wildman–Crippen LogP) is 3.64. The molecule has 0 radical (unpaired) electrons. The number of carbonyl (C=O) groups excluding carboxylic acids is 1. The number of alkyl carbamates (subject to hydrolysis) is 1. The van der Waals surface area contributed by atoms with Crippen LogP contribution < -0.4 is 10.2 Å². The van der Waals surface area contributed by atoms with Gasteiger partial charge in [0.2, 0.25) is 0 Å². The molecule has 1 amide bonds. The smallest absolute Gasteiger partial charge is 0.407 e. The Balaban J connectivity index is 1.68. The van der Waals surface area contributed by atoms with E-state index >= 15 is 0 Å². The van der Waals surface area contributed by atoms with Crippen LogP contribution in [0.4, 0.5) is 10.6 Å². The maximum absolute atomic E-state index is 11.9. The second-order valence-corrected chi connectivity index (χ2v) is 7.48. The first-order valence-electron chi connectivity index (χ1n) is 9.04. The van der Waals surface area contributed by atoms with Gasteiger partial charge in [-0.1, -0.05) is 30.3 Å². The summed E-state index contributed by atoms with van der Waals surface area (Å²) in [4.78, 5) is 23.3. The second kappa shape index (κ2) is 7.72. The minimum Gasteiger partial charge on any atom is -0.444 e. The fourth-order valence-corrected chi connectivity index (χ4v) is 3.10. The van der Waals surface area contributed by atoms with Crippen molar-refractivity contribution in [2.24, 2.45) is 0 Å². The fraction of sp³-hybridized carbons (Fsp3) is 0.450. The molecule has 6 heteroatoms. The topological polar surface area (TPSA) is 67.3 Å². The van der Waals surface area contributed by atoms with Crippen molar-refractivity contribution >= 4 is 11.9 Å². The number of nitrogens with one attached hydrogen (secondary N) is 1. The van der Waals surface area contributed by atoms with E-state index in [1.54, 1.807) is 6.20 Å². The number of nitrogens with zero attached hydrogens (tertiary/aromatic N) is 3. The molecule has 6 nitrogen and oxygen atoms in total. The van der Waals surface area contributed by atoms with E-state index in [0.29, 0.717) is 12.4 Å². The average molecular weight is 354 g/mol. The zero-order valence-electron chi connectivity index (χ0n) is 15.6. The molecular formula is C20H26N4O2. The van der Waals surface area contributed by atoms with Crippen LogP contribution in [-0.4, -0.2) is 40.8 Å². The molecule has 1 N–H and O–H groups in total. The van der Waals surface area contributed by atoms with Gasteiger partial charge in [0.1, 0.15) is 11.4 Å². The van der Waals surface area contributed by atoms with Gasteiger partial charge < -0.3 is 15.0 Å². The third-order valence-corrected chi connectivity index (χ3v) is 4.23. The van der Waals surface area contributed by atoms with Crippen LogP contribution in [0.3, 0.4) is 0 Å². The quantitative estimate of drug-likeness (QED) is 0.908. The summed E-state index contributed by atoms with van der Waals surface area (Å²) in [5.41, 5.74) is 0.508. The van der Waals surface area contributed by atoms with Crippen molar-refractivity contribution in [1.29, 1.82) is 0 Å². The molecule has 26 heavy (non-hydrogen) atoms. The SMILES string of the molecule is CC(C)(C)OC(=O)NC[C@@H]1CCCN1c1ccnc(-c2ccccc2)n1. The zero-order valence-corrected chi connectivity index (χ0v) is 15.6.